The first-order valence-electron chi connectivity index (χ1n) is 15.0. The quantitative estimate of drug-likeness (QED) is 0.0650. The van der Waals surface area contributed by atoms with Crippen LogP contribution in [0.2, 0.25) is 0 Å². The molecule has 0 saturated carbocycles. The third-order valence-corrected chi connectivity index (χ3v) is 8.41. The minimum Gasteiger partial charge on any atom is -0.424 e. The SMILES string of the molecule is O=C(Oc1c(-c2ccccc2)c2nc3ccccc3nc2c2ccccc12)C(Cc1ccccc1)N1C(=O)c2ccccc2C1=O. The topological polar surface area (TPSA) is 89.5 Å². The van der Waals surface area contributed by atoms with Gasteiger partial charge in [-0.15, -0.1) is 0 Å². The Morgan fingerprint density at radius 1 is 0.609 bits per heavy atom. The Morgan fingerprint density at radius 3 is 1.78 bits per heavy atom. The number of nitrogens with zero attached hydrogens (tertiary/aromatic N) is 3. The first kappa shape index (κ1) is 27.3. The number of aromatic nitrogens is 2. The van der Waals surface area contributed by atoms with Crippen LogP contribution in [0.15, 0.2) is 133 Å². The van der Waals surface area contributed by atoms with Gasteiger partial charge in [-0.3, -0.25) is 14.5 Å². The molecule has 220 valence electrons. The highest BCUT2D eigenvalue weighted by molar-refractivity contribution is 6.23. The average molecular weight is 600 g/mol. The third-order valence-electron chi connectivity index (χ3n) is 8.41. The molecule has 0 fully saturated rings. The number of para-hydroxylation sites is 2. The molecule has 0 radical (unpaired) electrons. The van der Waals surface area contributed by atoms with Crippen molar-refractivity contribution < 1.29 is 19.1 Å². The Balaban J connectivity index is 1.34. The highest BCUT2D eigenvalue weighted by Gasteiger charge is 2.44. The van der Waals surface area contributed by atoms with E-state index in [1.165, 1.54) is 0 Å². The fourth-order valence-electron chi connectivity index (χ4n) is 6.25. The predicted octanol–water partition coefficient (Wildman–Crippen LogP) is 7.42. The molecule has 46 heavy (non-hydrogen) atoms. The summed E-state index contributed by atoms with van der Waals surface area (Å²) in [6.45, 7) is 0. The minimum atomic E-state index is -1.23. The molecule has 0 N–H and O–H groups in total. The van der Waals surface area contributed by atoms with Gasteiger partial charge in [0.2, 0.25) is 0 Å². The second kappa shape index (κ2) is 11.1. The Labute approximate surface area is 263 Å². The van der Waals surface area contributed by atoms with Gasteiger partial charge in [0.15, 0.2) is 0 Å². The number of amides is 2. The van der Waals surface area contributed by atoms with Crippen molar-refractivity contribution in [1.82, 2.24) is 14.9 Å². The van der Waals surface area contributed by atoms with Gasteiger partial charge in [-0.25, -0.2) is 14.8 Å². The van der Waals surface area contributed by atoms with E-state index in [1.54, 1.807) is 24.3 Å². The molecular formula is C39H25N3O4. The monoisotopic (exact) mass is 599 g/mol. The third kappa shape index (κ3) is 4.49. The molecule has 7 aromatic rings. The number of carbonyl (C=O) groups excluding carboxylic acids is 3. The molecule has 6 aromatic carbocycles. The number of fused-ring (bicyclic) bond motifs is 5. The lowest BCUT2D eigenvalue weighted by Gasteiger charge is -2.26. The van der Waals surface area contributed by atoms with Crippen LogP contribution in [0.5, 0.6) is 5.75 Å². The lowest BCUT2D eigenvalue weighted by Crippen LogP contribution is -2.48. The van der Waals surface area contributed by atoms with Crippen molar-refractivity contribution >= 4 is 50.6 Å². The zero-order valence-corrected chi connectivity index (χ0v) is 24.5. The summed E-state index contributed by atoms with van der Waals surface area (Å²) >= 11 is 0. The van der Waals surface area contributed by atoms with E-state index >= 15 is 0 Å². The second-order valence-electron chi connectivity index (χ2n) is 11.2. The number of hydrogen-bond donors (Lipinski definition) is 0. The van der Waals surface area contributed by atoms with Crippen LogP contribution in [0.25, 0.3) is 44.0 Å². The van der Waals surface area contributed by atoms with Gasteiger partial charge < -0.3 is 4.74 Å². The van der Waals surface area contributed by atoms with Gasteiger partial charge in [-0.05, 0) is 35.4 Å². The molecule has 7 heteroatoms. The summed E-state index contributed by atoms with van der Waals surface area (Å²) in [4.78, 5) is 53.0. The molecule has 1 unspecified atom stereocenters. The van der Waals surface area contributed by atoms with E-state index in [4.69, 9.17) is 14.7 Å². The first-order valence-corrected chi connectivity index (χ1v) is 15.0. The van der Waals surface area contributed by atoms with Crippen LogP contribution in [0.3, 0.4) is 0 Å². The first-order chi connectivity index (χ1) is 22.6. The lowest BCUT2D eigenvalue weighted by molar-refractivity contribution is -0.138. The summed E-state index contributed by atoms with van der Waals surface area (Å²) < 4.78 is 6.42. The van der Waals surface area contributed by atoms with Crippen LogP contribution in [0.4, 0.5) is 0 Å². The fraction of sp³-hybridized carbons (Fsp3) is 0.0513. The number of imide groups is 1. The summed E-state index contributed by atoms with van der Waals surface area (Å²) in [5.41, 5.74) is 5.40. The highest BCUT2D eigenvalue weighted by Crippen LogP contribution is 2.43. The van der Waals surface area contributed by atoms with Crippen LogP contribution in [-0.2, 0) is 11.2 Å². The molecule has 2 heterocycles. The molecule has 1 aromatic heterocycles. The van der Waals surface area contributed by atoms with Crippen molar-refractivity contribution in [2.75, 3.05) is 0 Å². The fourth-order valence-corrected chi connectivity index (χ4v) is 6.25. The Hall–Kier alpha value is -6.21. The van der Waals surface area contributed by atoms with Crippen molar-refractivity contribution in [1.29, 1.82) is 0 Å². The van der Waals surface area contributed by atoms with Gasteiger partial charge in [-0.1, -0.05) is 109 Å². The summed E-state index contributed by atoms with van der Waals surface area (Å²) in [6.07, 6.45) is 0.0851. The number of esters is 1. The van der Waals surface area contributed by atoms with E-state index in [0.29, 0.717) is 33.2 Å². The lowest BCUT2D eigenvalue weighted by atomic mass is 9.96. The molecule has 7 nitrogen and oxygen atoms in total. The summed E-state index contributed by atoms with van der Waals surface area (Å²) in [5, 5.41) is 1.42. The van der Waals surface area contributed by atoms with Crippen molar-refractivity contribution in [2.45, 2.75) is 12.5 Å². The highest BCUT2D eigenvalue weighted by atomic mass is 16.5. The van der Waals surface area contributed by atoms with Gasteiger partial charge in [0.1, 0.15) is 17.3 Å². The van der Waals surface area contributed by atoms with Gasteiger partial charge in [0.05, 0.1) is 33.2 Å². The molecule has 0 spiro atoms. The molecular weight excluding hydrogens is 574 g/mol. The van der Waals surface area contributed by atoms with Crippen molar-refractivity contribution in [3.63, 3.8) is 0 Å². The average Bonchev–Trinajstić information content (AvgIpc) is 3.36. The molecule has 1 atom stereocenters. The molecule has 0 bridgehead atoms. The number of hydrogen-bond acceptors (Lipinski definition) is 6. The normalized spacial score (nSPS) is 13.3. The van der Waals surface area contributed by atoms with E-state index in [0.717, 1.165) is 26.9 Å². The molecule has 1 aliphatic rings. The van der Waals surface area contributed by atoms with Crippen LogP contribution >= 0.6 is 0 Å². The maximum absolute atomic E-state index is 14.5. The van der Waals surface area contributed by atoms with Gasteiger partial charge in [-0.2, -0.15) is 0 Å². The number of benzene rings is 6. The van der Waals surface area contributed by atoms with E-state index in [-0.39, 0.29) is 17.5 Å². The molecule has 2 amide bonds. The van der Waals surface area contributed by atoms with E-state index < -0.39 is 23.8 Å². The maximum Gasteiger partial charge on any atom is 0.335 e. The molecule has 8 rings (SSSR count). The maximum atomic E-state index is 14.5. The largest absolute Gasteiger partial charge is 0.424 e. The van der Waals surface area contributed by atoms with E-state index in [9.17, 15) is 14.4 Å². The van der Waals surface area contributed by atoms with Gasteiger partial charge in [0, 0.05) is 17.2 Å². The van der Waals surface area contributed by atoms with Crippen LogP contribution in [-0.4, -0.2) is 38.7 Å². The zero-order chi connectivity index (χ0) is 31.2. The van der Waals surface area contributed by atoms with Crippen molar-refractivity contribution in [3.05, 3.63) is 150 Å². The van der Waals surface area contributed by atoms with Crippen LogP contribution in [0.1, 0.15) is 26.3 Å². The van der Waals surface area contributed by atoms with Gasteiger partial charge in [0.25, 0.3) is 11.8 Å². The number of rotatable bonds is 6. The number of carbonyl (C=O) groups is 3. The van der Waals surface area contributed by atoms with Gasteiger partial charge >= 0.3 is 5.97 Å². The summed E-state index contributed by atoms with van der Waals surface area (Å²) in [6, 6.07) is 39.5. The molecule has 0 saturated heterocycles. The minimum absolute atomic E-state index is 0.0851. The van der Waals surface area contributed by atoms with E-state index in [2.05, 4.69) is 0 Å². The number of ether oxygens (including phenoxy) is 1. The van der Waals surface area contributed by atoms with Crippen LogP contribution < -0.4 is 4.74 Å². The predicted molar refractivity (Wildman–Crippen MR) is 176 cm³/mol. The molecule has 1 aliphatic heterocycles. The van der Waals surface area contributed by atoms with Crippen LogP contribution in [0, 0.1) is 0 Å². The smallest absolute Gasteiger partial charge is 0.335 e. The van der Waals surface area contributed by atoms with E-state index in [1.807, 2.05) is 109 Å². The summed E-state index contributed by atoms with van der Waals surface area (Å²) in [7, 11) is 0. The Morgan fingerprint density at radius 2 is 1.13 bits per heavy atom. The summed E-state index contributed by atoms with van der Waals surface area (Å²) in [5.74, 6) is -1.49. The van der Waals surface area contributed by atoms with Crippen molar-refractivity contribution in [2.24, 2.45) is 0 Å². The standard InChI is InChI=1S/C39H25N3O4/c43-37-28-19-9-10-20-29(28)38(44)42(37)32(23-24-13-3-1-4-14-24)39(45)46-36-27-18-8-7-17-26(27)34-35(33(36)25-15-5-2-6-16-25)41-31-22-12-11-21-30(31)40-34/h1-22,32H,23H2. The molecule has 0 aliphatic carbocycles. The zero-order valence-electron chi connectivity index (χ0n) is 24.5. The second-order valence-corrected chi connectivity index (χ2v) is 11.2. The Bertz CT molecular complexity index is 2300. The Kier molecular flexibility index (Phi) is 6.57. The van der Waals surface area contributed by atoms with Crippen molar-refractivity contribution in [3.8, 4) is 16.9 Å².